The Hall–Kier alpha value is -13.4. The number of hydrogen-bond acceptors (Lipinski definition) is 2. The first kappa shape index (κ1) is 67.9. The zero-order chi connectivity index (χ0) is 75.0. The van der Waals surface area contributed by atoms with Crippen LogP contribution < -0.4 is 9.80 Å². The smallest absolute Gasteiger partial charge is 0.0566 e. The molecule has 15 aromatic rings. The molecule has 5 aliphatic rings. The van der Waals surface area contributed by atoms with Gasteiger partial charge in [0.2, 0.25) is 0 Å². The predicted molar refractivity (Wildman–Crippen MR) is 475 cm³/mol. The van der Waals surface area contributed by atoms with Crippen LogP contribution in [0.1, 0.15) is 73.1 Å². The van der Waals surface area contributed by atoms with Crippen LogP contribution in [-0.2, 0) is 10.8 Å². The third kappa shape index (κ3) is 11.9. The van der Waals surface area contributed by atoms with Crippen molar-refractivity contribution in [1.29, 1.82) is 0 Å². The molecule has 112 heavy (non-hydrogen) atoms. The van der Waals surface area contributed by atoms with Gasteiger partial charge in [0.05, 0.1) is 6.04 Å². The number of anilines is 5. The lowest BCUT2D eigenvalue weighted by Crippen LogP contribution is -2.31. The SMILES string of the molecule is CC1(C)c2ccccc2-c2ccc(N(c3ccc(-c4ccccc4)c(-c4ccccc4)c3)c3ccc(-c4ccccc4)c(-c4ccc(-c5ccc6c(c5)C(C)(C)c5cc(N(c7ccc(C8=CC=CC9C=CC=CC89)c(-c8ccccc8)c7)C7C=CC(c8cccc9ccccc89)=C(c8ccccc8)C7)ccc5-6)cc4)c3)cc21. The maximum atomic E-state index is 2.65. The van der Waals surface area contributed by atoms with Gasteiger partial charge < -0.3 is 9.80 Å². The van der Waals surface area contributed by atoms with Crippen molar-refractivity contribution in [3.8, 4) is 89.0 Å². The van der Waals surface area contributed by atoms with Crippen molar-refractivity contribution in [2.45, 2.75) is 51.0 Å². The highest BCUT2D eigenvalue weighted by Crippen LogP contribution is 2.55. The third-order valence-corrected chi connectivity index (χ3v) is 24.6. The zero-order valence-corrected chi connectivity index (χ0v) is 63.5. The molecule has 0 aliphatic heterocycles. The minimum Gasteiger partial charge on any atom is -0.334 e. The van der Waals surface area contributed by atoms with E-state index in [1.807, 2.05) is 0 Å². The van der Waals surface area contributed by atoms with Gasteiger partial charge in [-0.15, -0.1) is 0 Å². The van der Waals surface area contributed by atoms with Crippen LogP contribution in [0.25, 0.3) is 117 Å². The number of allylic oxidation sites excluding steroid dienone is 10. The van der Waals surface area contributed by atoms with E-state index in [1.165, 1.54) is 150 Å². The molecule has 0 saturated carbocycles. The summed E-state index contributed by atoms with van der Waals surface area (Å²) in [5.41, 5.74) is 37.5. The highest BCUT2D eigenvalue weighted by molar-refractivity contribution is 6.06. The normalized spacial score (nSPS) is 16.5. The molecule has 2 nitrogen and oxygen atoms in total. The summed E-state index contributed by atoms with van der Waals surface area (Å²) in [5.74, 6) is 0.566. The molecule has 20 rings (SSSR count). The van der Waals surface area contributed by atoms with Crippen LogP contribution in [0.4, 0.5) is 28.4 Å². The monoisotopic (exact) mass is 1430 g/mol. The molecule has 0 saturated heterocycles. The van der Waals surface area contributed by atoms with Gasteiger partial charge in [-0.3, -0.25) is 0 Å². The van der Waals surface area contributed by atoms with Crippen LogP contribution in [0.5, 0.6) is 0 Å². The average molecular weight is 1430 g/mol. The Balaban J connectivity index is 0.682. The first-order chi connectivity index (χ1) is 55.1. The first-order valence-corrected chi connectivity index (χ1v) is 39.6. The van der Waals surface area contributed by atoms with Crippen molar-refractivity contribution in [2.24, 2.45) is 11.8 Å². The van der Waals surface area contributed by atoms with Gasteiger partial charge in [-0.2, -0.15) is 0 Å². The number of benzene rings is 15. The number of rotatable bonds is 15. The van der Waals surface area contributed by atoms with Crippen molar-refractivity contribution in [2.75, 3.05) is 9.80 Å². The van der Waals surface area contributed by atoms with Gasteiger partial charge >= 0.3 is 0 Å². The molecule has 15 aromatic carbocycles. The summed E-state index contributed by atoms with van der Waals surface area (Å²) < 4.78 is 0. The minimum absolute atomic E-state index is 0.0393. The van der Waals surface area contributed by atoms with Gasteiger partial charge in [0, 0.05) is 51.1 Å². The van der Waals surface area contributed by atoms with Crippen molar-refractivity contribution in [1.82, 2.24) is 0 Å². The van der Waals surface area contributed by atoms with Gasteiger partial charge in [0.15, 0.2) is 0 Å². The number of fused-ring (bicyclic) bond motifs is 8. The molecule has 0 spiro atoms. The first-order valence-electron chi connectivity index (χ1n) is 39.6. The summed E-state index contributed by atoms with van der Waals surface area (Å²) in [5, 5.41) is 2.51. The van der Waals surface area contributed by atoms with Crippen LogP contribution in [0.2, 0.25) is 0 Å². The molecule has 0 heterocycles. The van der Waals surface area contributed by atoms with Gasteiger partial charge in [-0.25, -0.2) is 0 Å². The molecule has 5 aliphatic carbocycles. The quantitative estimate of drug-likeness (QED) is 0.101. The van der Waals surface area contributed by atoms with Crippen LogP contribution >= 0.6 is 0 Å². The molecule has 3 atom stereocenters. The summed E-state index contributed by atoms with van der Waals surface area (Å²) in [6, 6.07) is 132. The Morgan fingerprint density at radius 1 is 0.277 bits per heavy atom. The van der Waals surface area contributed by atoms with Gasteiger partial charge in [0.25, 0.3) is 0 Å². The minimum atomic E-state index is -0.334. The van der Waals surface area contributed by atoms with E-state index in [0.29, 0.717) is 5.92 Å². The highest BCUT2D eigenvalue weighted by atomic mass is 15.2. The molecule has 3 unspecified atom stereocenters. The average Bonchev–Trinajstić information content (AvgIpc) is 1.56. The van der Waals surface area contributed by atoms with Crippen molar-refractivity contribution in [3.05, 3.63) is 445 Å². The molecule has 0 aromatic heterocycles. The van der Waals surface area contributed by atoms with E-state index in [-0.39, 0.29) is 22.8 Å². The Kier molecular flexibility index (Phi) is 16.9. The third-order valence-electron chi connectivity index (χ3n) is 24.6. The summed E-state index contributed by atoms with van der Waals surface area (Å²) in [4.78, 5) is 5.14. The van der Waals surface area contributed by atoms with E-state index in [0.717, 1.165) is 40.3 Å². The standard InChI is InChI=1S/C110H84N2/c1-109(2)105-47-25-24-44-97(105)99-64-57-87(71-107(99)109)111(83-53-60-91(74-28-10-5-11-29-74)101(67-83)78-32-14-7-15-33-78)84-54-61-92(75-30-12-6-13-31-75)102(68-84)81-50-48-73(49-51-81)82-52-59-98-100-65-58-88(72-108(100)110(3,4)106(98)66-82)112(85-55-62-95(103(69-85)79-34-16-8-17-35-79)93-45-26-40-76-38-20-22-42-89(76)93)86-56-63-96(104(70-86)80-36-18-9-19-37-80)94-46-27-41-77-39-21-23-43-90(77)94/h5-69,71-72,76,86,89H,70H2,1-4H3. The lowest BCUT2D eigenvalue weighted by Gasteiger charge is -2.37. The highest BCUT2D eigenvalue weighted by Gasteiger charge is 2.39. The maximum absolute atomic E-state index is 2.65. The van der Waals surface area contributed by atoms with E-state index >= 15 is 0 Å². The van der Waals surface area contributed by atoms with E-state index < -0.39 is 0 Å². The second-order valence-corrected chi connectivity index (χ2v) is 31.7. The topological polar surface area (TPSA) is 6.48 Å². The fraction of sp³-hybridized carbons (Fsp3) is 0.0909. The maximum Gasteiger partial charge on any atom is 0.0566 e. The van der Waals surface area contributed by atoms with E-state index in [1.54, 1.807) is 0 Å². The Morgan fingerprint density at radius 3 is 1.32 bits per heavy atom. The molecule has 0 fully saturated rings. The van der Waals surface area contributed by atoms with E-state index in [4.69, 9.17) is 0 Å². The van der Waals surface area contributed by atoms with Crippen molar-refractivity contribution >= 4 is 55.9 Å². The molecule has 0 N–H and O–H groups in total. The molecule has 534 valence electrons. The zero-order valence-electron chi connectivity index (χ0n) is 63.5. The summed E-state index contributed by atoms with van der Waals surface area (Å²) in [6.07, 6.45) is 21.8. The predicted octanol–water partition coefficient (Wildman–Crippen LogP) is 29.3. The van der Waals surface area contributed by atoms with Gasteiger partial charge in [-0.1, -0.05) is 367 Å². The fourth-order valence-electron chi connectivity index (χ4n) is 19.0. The van der Waals surface area contributed by atoms with Gasteiger partial charge in [-0.05, 0) is 229 Å². The molecule has 0 bridgehead atoms. The molecule has 2 heteroatoms. The Bertz CT molecular complexity index is 6380. The van der Waals surface area contributed by atoms with Gasteiger partial charge in [0.1, 0.15) is 0 Å². The molecule has 0 amide bonds. The summed E-state index contributed by atoms with van der Waals surface area (Å²) in [7, 11) is 0. The molecular weight excluding hydrogens is 1350 g/mol. The largest absolute Gasteiger partial charge is 0.334 e. The van der Waals surface area contributed by atoms with Crippen LogP contribution in [0.15, 0.2) is 407 Å². The van der Waals surface area contributed by atoms with E-state index in [2.05, 4.69) is 444 Å². The Morgan fingerprint density at radius 2 is 0.688 bits per heavy atom. The van der Waals surface area contributed by atoms with Crippen LogP contribution in [0.3, 0.4) is 0 Å². The Labute approximate surface area is 658 Å². The number of hydrogen-bond donors (Lipinski definition) is 0. The summed E-state index contributed by atoms with van der Waals surface area (Å²) in [6.45, 7) is 9.63. The molecular formula is C110H84N2. The summed E-state index contributed by atoms with van der Waals surface area (Å²) >= 11 is 0. The van der Waals surface area contributed by atoms with E-state index in [9.17, 15) is 0 Å². The fourth-order valence-corrected chi connectivity index (χ4v) is 19.0. The van der Waals surface area contributed by atoms with Crippen LogP contribution in [0, 0.1) is 11.8 Å². The van der Waals surface area contributed by atoms with Crippen LogP contribution in [-0.4, -0.2) is 6.04 Å². The van der Waals surface area contributed by atoms with Crippen molar-refractivity contribution < 1.29 is 0 Å². The number of nitrogens with zero attached hydrogens (tertiary/aromatic N) is 2. The second kappa shape index (κ2) is 27.9. The lowest BCUT2D eigenvalue weighted by molar-refractivity contribution is 0.660. The van der Waals surface area contributed by atoms with Crippen molar-refractivity contribution in [3.63, 3.8) is 0 Å². The molecule has 0 radical (unpaired) electrons. The lowest BCUT2D eigenvalue weighted by atomic mass is 9.75. The second-order valence-electron chi connectivity index (χ2n) is 31.7.